The number of hydrogen-bond donors (Lipinski definition) is 1. The summed E-state index contributed by atoms with van der Waals surface area (Å²) >= 11 is 1.25. The zero-order valence-corrected chi connectivity index (χ0v) is 15.5. The number of rotatable bonds is 8. The van der Waals surface area contributed by atoms with Crippen LogP contribution in [-0.2, 0) is 11.2 Å². The first-order valence-electron chi connectivity index (χ1n) is 8.55. The van der Waals surface area contributed by atoms with E-state index in [-0.39, 0.29) is 11.7 Å². The molecular formula is C20H21N3O2S. The minimum absolute atomic E-state index is 0.0290. The van der Waals surface area contributed by atoms with Gasteiger partial charge < -0.3 is 9.73 Å². The monoisotopic (exact) mass is 367 g/mol. The Bertz CT molecular complexity index is 849. The number of amides is 1. The molecule has 6 heteroatoms. The molecule has 0 aliphatic rings. The van der Waals surface area contributed by atoms with E-state index in [9.17, 15) is 4.79 Å². The van der Waals surface area contributed by atoms with Gasteiger partial charge in [0.2, 0.25) is 11.8 Å². The molecule has 1 heterocycles. The zero-order chi connectivity index (χ0) is 18.2. The standard InChI is InChI=1S/C20H21N3O2S/c1-15-8-5-6-12-17(15)19-22-23-20(25-19)26-14-18(24)21-13-7-11-16-9-3-2-4-10-16/h2-6,8-10,12H,7,11,13-14H2,1H3,(H,21,24). The zero-order valence-electron chi connectivity index (χ0n) is 14.6. The van der Waals surface area contributed by atoms with E-state index in [0.717, 1.165) is 24.0 Å². The third kappa shape index (κ3) is 5.20. The van der Waals surface area contributed by atoms with Gasteiger partial charge in [0, 0.05) is 12.1 Å². The summed E-state index contributed by atoms with van der Waals surface area (Å²) in [6, 6.07) is 18.1. The van der Waals surface area contributed by atoms with Crippen molar-refractivity contribution in [2.45, 2.75) is 25.0 Å². The number of carbonyl (C=O) groups is 1. The normalized spacial score (nSPS) is 10.7. The summed E-state index contributed by atoms with van der Waals surface area (Å²) in [5, 5.41) is 11.4. The fourth-order valence-electron chi connectivity index (χ4n) is 2.53. The van der Waals surface area contributed by atoms with Gasteiger partial charge in [-0.25, -0.2) is 0 Å². The van der Waals surface area contributed by atoms with Gasteiger partial charge in [-0.2, -0.15) is 0 Å². The molecule has 5 nitrogen and oxygen atoms in total. The van der Waals surface area contributed by atoms with Crippen molar-refractivity contribution in [2.75, 3.05) is 12.3 Å². The second-order valence-corrected chi connectivity index (χ2v) is 6.84. The fourth-order valence-corrected chi connectivity index (χ4v) is 3.13. The maximum atomic E-state index is 11.9. The van der Waals surface area contributed by atoms with Crippen LogP contribution in [0.1, 0.15) is 17.5 Å². The second kappa shape index (κ2) is 9.20. The number of thioether (sulfide) groups is 1. The first-order chi connectivity index (χ1) is 12.7. The molecule has 134 valence electrons. The third-order valence-electron chi connectivity index (χ3n) is 3.92. The summed E-state index contributed by atoms with van der Waals surface area (Å²) < 4.78 is 5.65. The molecule has 1 aromatic heterocycles. The second-order valence-electron chi connectivity index (χ2n) is 5.92. The van der Waals surface area contributed by atoms with Gasteiger partial charge in [0.1, 0.15) is 0 Å². The van der Waals surface area contributed by atoms with E-state index >= 15 is 0 Å². The third-order valence-corrected chi connectivity index (χ3v) is 4.73. The molecule has 0 unspecified atom stereocenters. The van der Waals surface area contributed by atoms with Crippen LogP contribution >= 0.6 is 11.8 Å². The maximum absolute atomic E-state index is 11.9. The summed E-state index contributed by atoms with van der Waals surface area (Å²) in [6.07, 6.45) is 1.87. The van der Waals surface area contributed by atoms with Crippen LogP contribution in [0.2, 0.25) is 0 Å². The topological polar surface area (TPSA) is 68.0 Å². The Morgan fingerprint density at radius 2 is 1.85 bits per heavy atom. The van der Waals surface area contributed by atoms with E-state index < -0.39 is 0 Å². The Hall–Kier alpha value is -2.60. The van der Waals surface area contributed by atoms with Crippen LogP contribution in [0.5, 0.6) is 0 Å². The molecule has 0 bridgehead atoms. The molecule has 0 radical (unpaired) electrons. The van der Waals surface area contributed by atoms with Crippen LogP contribution < -0.4 is 5.32 Å². The molecule has 2 aromatic carbocycles. The highest BCUT2D eigenvalue weighted by atomic mass is 32.2. The predicted octanol–water partition coefficient (Wildman–Crippen LogP) is 3.89. The number of nitrogens with zero attached hydrogens (tertiary/aromatic N) is 2. The van der Waals surface area contributed by atoms with E-state index in [0.29, 0.717) is 17.7 Å². The Morgan fingerprint density at radius 3 is 2.65 bits per heavy atom. The minimum Gasteiger partial charge on any atom is -0.411 e. The highest BCUT2D eigenvalue weighted by molar-refractivity contribution is 7.99. The van der Waals surface area contributed by atoms with Gasteiger partial charge >= 0.3 is 0 Å². The highest BCUT2D eigenvalue weighted by Gasteiger charge is 2.12. The van der Waals surface area contributed by atoms with Gasteiger partial charge in [0.25, 0.3) is 5.22 Å². The molecule has 26 heavy (non-hydrogen) atoms. The van der Waals surface area contributed by atoms with Crippen LogP contribution in [0.25, 0.3) is 11.5 Å². The molecule has 0 aliphatic carbocycles. The molecule has 0 saturated heterocycles. The van der Waals surface area contributed by atoms with Crippen LogP contribution in [0.4, 0.5) is 0 Å². The number of nitrogens with one attached hydrogen (secondary N) is 1. The smallest absolute Gasteiger partial charge is 0.277 e. The van der Waals surface area contributed by atoms with Crippen molar-refractivity contribution < 1.29 is 9.21 Å². The Morgan fingerprint density at radius 1 is 1.08 bits per heavy atom. The van der Waals surface area contributed by atoms with Crippen molar-refractivity contribution in [3.05, 3.63) is 65.7 Å². The summed E-state index contributed by atoms with van der Waals surface area (Å²) in [7, 11) is 0. The van der Waals surface area contributed by atoms with E-state index in [1.807, 2.05) is 49.4 Å². The summed E-state index contributed by atoms with van der Waals surface area (Å²) in [5.41, 5.74) is 3.27. The molecule has 1 amide bonds. The van der Waals surface area contributed by atoms with Crippen LogP contribution in [0, 0.1) is 6.92 Å². The number of aromatic nitrogens is 2. The first kappa shape index (κ1) is 18.2. The first-order valence-corrected chi connectivity index (χ1v) is 9.54. The van der Waals surface area contributed by atoms with Crippen LogP contribution in [-0.4, -0.2) is 28.4 Å². The molecule has 1 N–H and O–H groups in total. The van der Waals surface area contributed by atoms with E-state index in [1.165, 1.54) is 17.3 Å². The van der Waals surface area contributed by atoms with Gasteiger partial charge in [-0.15, -0.1) is 10.2 Å². The van der Waals surface area contributed by atoms with Crippen LogP contribution in [0.15, 0.2) is 64.2 Å². The van der Waals surface area contributed by atoms with Gasteiger partial charge in [0.05, 0.1) is 5.75 Å². The Kier molecular flexibility index (Phi) is 6.44. The lowest BCUT2D eigenvalue weighted by atomic mass is 10.1. The average molecular weight is 367 g/mol. The molecular weight excluding hydrogens is 346 g/mol. The molecule has 0 fully saturated rings. The quantitative estimate of drug-likeness (QED) is 0.483. The highest BCUT2D eigenvalue weighted by Crippen LogP contribution is 2.25. The van der Waals surface area contributed by atoms with Gasteiger partial charge in [-0.3, -0.25) is 4.79 Å². The van der Waals surface area contributed by atoms with Gasteiger partial charge in [0.15, 0.2) is 0 Å². The lowest BCUT2D eigenvalue weighted by molar-refractivity contribution is -0.118. The summed E-state index contributed by atoms with van der Waals surface area (Å²) in [5.74, 6) is 0.716. The summed E-state index contributed by atoms with van der Waals surface area (Å²) in [4.78, 5) is 11.9. The Balaban J connectivity index is 1.40. The number of aryl methyl sites for hydroxylation is 2. The fraction of sp³-hybridized carbons (Fsp3) is 0.250. The van der Waals surface area contributed by atoms with Crippen molar-refractivity contribution in [1.82, 2.24) is 15.5 Å². The van der Waals surface area contributed by atoms with E-state index in [1.54, 1.807) is 0 Å². The number of benzene rings is 2. The molecule has 3 aromatic rings. The van der Waals surface area contributed by atoms with Crippen molar-refractivity contribution in [2.24, 2.45) is 0 Å². The predicted molar refractivity (Wildman–Crippen MR) is 103 cm³/mol. The lowest BCUT2D eigenvalue weighted by Gasteiger charge is -2.04. The average Bonchev–Trinajstić information content (AvgIpc) is 3.13. The number of hydrogen-bond acceptors (Lipinski definition) is 5. The lowest BCUT2D eigenvalue weighted by Crippen LogP contribution is -2.26. The molecule has 0 atom stereocenters. The van der Waals surface area contributed by atoms with Crippen molar-refractivity contribution >= 4 is 17.7 Å². The van der Waals surface area contributed by atoms with Crippen molar-refractivity contribution in [1.29, 1.82) is 0 Å². The maximum Gasteiger partial charge on any atom is 0.277 e. The van der Waals surface area contributed by atoms with Crippen LogP contribution in [0.3, 0.4) is 0 Å². The molecule has 3 rings (SSSR count). The van der Waals surface area contributed by atoms with Gasteiger partial charge in [-0.1, -0.05) is 60.3 Å². The molecule has 0 spiro atoms. The summed E-state index contributed by atoms with van der Waals surface area (Å²) in [6.45, 7) is 2.65. The largest absolute Gasteiger partial charge is 0.411 e. The SMILES string of the molecule is Cc1ccccc1-c1nnc(SCC(=O)NCCCc2ccccc2)o1. The van der Waals surface area contributed by atoms with Crippen molar-refractivity contribution in [3.8, 4) is 11.5 Å². The van der Waals surface area contributed by atoms with Gasteiger partial charge in [-0.05, 0) is 37.0 Å². The van der Waals surface area contributed by atoms with E-state index in [4.69, 9.17) is 4.42 Å². The van der Waals surface area contributed by atoms with E-state index in [2.05, 4.69) is 27.6 Å². The Labute approximate surface area is 157 Å². The molecule has 0 saturated carbocycles. The number of carbonyl (C=O) groups excluding carboxylic acids is 1. The molecule has 0 aliphatic heterocycles. The van der Waals surface area contributed by atoms with Crippen molar-refractivity contribution in [3.63, 3.8) is 0 Å². The minimum atomic E-state index is -0.0290.